The van der Waals surface area contributed by atoms with E-state index in [0.717, 1.165) is 0 Å². The van der Waals surface area contributed by atoms with Gasteiger partial charge in [-0.3, -0.25) is 0 Å². The van der Waals surface area contributed by atoms with Gasteiger partial charge in [0.25, 0.3) is 0 Å². The predicted octanol–water partition coefficient (Wildman–Crippen LogP) is 0.427. The molecule has 0 aliphatic heterocycles. The molecule has 11 heavy (non-hydrogen) atoms. The fourth-order valence-electron chi connectivity index (χ4n) is 0.298. The summed E-state index contributed by atoms with van der Waals surface area (Å²) in [6.07, 6.45) is 0.669. The summed E-state index contributed by atoms with van der Waals surface area (Å²) in [5.74, 6) is -0.595. The second-order valence-electron chi connectivity index (χ2n) is 1.78. The number of carbonyl (C=O) groups excluding carboxylic acids is 2. The molecule has 0 saturated heterocycles. The van der Waals surface area contributed by atoms with Crippen LogP contribution in [0.3, 0.4) is 0 Å². The molecule has 0 spiro atoms. The summed E-state index contributed by atoms with van der Waals surface area (Å²) in [4.78, 5) is 21.0. The fraction of sp³-hybridized carbons (Fsp3) is 0.667. The van der Waals surface area contributed by atoms with Gasteiger partial charge >= 0.3 is 73.4 Å². The van der Waals surface area contributed by atoms with Crippen molar-refractivity contribution in [1.82, 2.24) is 0 Å². The first-order valence-corrected chi connectivity index (χ1v) is 5.39. The third kappa shape index (κ3) is 5.99. The van der Waals surface area contributed by atoms with Crippen LogP contribution in [0.1, 0.15) is 26.7 Å². The molecule has 4 nitrogen and oxygen atoms in total. The van der Waals surface area contributed by atoms with Crippen LogP contribution in [-0.4, -0.2) is 30.1 Å². The van der Waals surface area contributed by atoms with Crippen molar-refractivity contribution >= 4 is 30.1 Å². The standard InChI is InChI=1S/2C3H6O2.Ga/c2*1-2-3(4)5;/h2*2H2,1H3,(H,4,5);/q;;+2/p-2. The van der Waals surface area contributed by atoms with Crippen LogP contribution in [0, 0.1) is 0 Å². The molecule has 0 unspecified atom stereocenters. The van der Waals surface area contributed by atoms with E-state index in [4.69, 9.17) is 0 Å². The minimum absolute atomic E-state index is 0.297. The maximum atomic E-state index is 10.5. The topological polar surface area (TPSA) is 52.6 Å². The van der Waals surface area contributed by atoms with Gasteiger partial charge in [-0.25, -0.2) is 0 Å². The summed E-state index contributed by atoms with van der Waals surface area (Å²) >= 11 is -1.55. The van der Waals surface area contributed by atoms with E-state index in [-0.39, 0.29) is 11.9 Å². The quantitative estimate of drug-likeness (QED) is 0.639. The first-order chi connectivity index (χ1) is 5.20. The van der Waals surface area contributed by atoms with E-state index in [9.17, 15) is 9.59 Å². The molecule has 0 amide bonds. The third-order valence-corrected chi connectivity index (χ3v) is 2.44. The van der Waals surface area contributed by atoms with Crippen LogP contribution in [0.15, 0.2) is 0 Å². The van der Waals surface area contributed by atoms with Crippen molar-refractivity contribution in [3.8, 4) is 0 Å². The van der Waals surface area contributed by atoms with Crippen LogP contribution in [0.2, 0.25) is 0 Å². The molecule has 1 radical (unpaired) electrons. The Kier molecular flexibility index (Phi) is 6.05. The van der Waals surface area contributed by atoms with Gasteiger partial charge in [0.1, 0.15) is 0 Å². The van der Waals surface area contributed by atoms with Crippen LogP contribution in [0.4, 0.5) is 0 Å². The molecule has 0 saturated carbocycles. The second-order valence-corrected chi connectivity index (χ2v) is 3.18. The van der Waals surface area contributed by atoms with Crippen molar-refractivity contribution < 1.29 is 16.6 Å². The Morgan fingerprint density at radius 3 is 1.73 bits per heavy atom. The Morgan fingerprint density at radius 2 is 1.45 bits per heavy atom. The molecular weight excluding hydrogens is 206 g/mol. The van der Waals surface area contributed by atoms with Gasteiger partial charge in [-0.15, -0.1) is 0 Å². The van der Waals surface area contributed by atoms with Gasteiger partial charge < -0.3 is 0 Å². The van der Waals surface area contributed by atoms with E-state index in [1.807, 2.05) is 0 Å². The molecule has 61 valence electrons. The Morgan fingerprint density at radius 1 is 1.09 bits per heavy atom. The third-order valence-electron chi connectivity index (χ3n) is 0.936. The summed E-state index contributed by atoms with van der Waals surface area (Å²) in [6, 6.07) is 0. The van der Waals surface area contributed by atoms with E-state index in [1.54, 1.807) is 13.8 Å². The van der Waals surface area contributed by atoms with Gasteiger partial charge in [-0.05, 0) is 0 Å². The number of carbonyl (C=O) groups is 2. The molecule has 0 fully saturated rings. The first-order valence-electron chi connectivity index (χ1n) is 3.41. The van der Waals surface area contributed by atoms with E-state index in [2.05, 4.69) is 7.06 Å². The molecule has 0 atom stereocenters. The number of hydrogen-bond acceptors (Lipinski definition) is 4. The average molecular weight is 216 g/mol. The first kappa shape index (κ1) is 10.6. The molecule has 0 rings (SSSR count). The summed E-state index contributed by atoms with van der Waals surface area (Å²) in [6.45, 7) is 3.39. The van der Waals surface area contributed by atoms with Gasteiger partial charge in [0.05, 0.1) is 0 Å². The van der Waals surface area contributed by atoms with Crippen LogP contribution in [-0.2, 0) is 16.6 Å². The summed E-state index contributed by atoms with van der Waals surface area (Å²) in [5.41, 5.74) is 0. The van der Waals surface area contributed by atoms with Crippen molar-refractivity contribution in [3.05, 3.63) is 0 Å². The molecule has 0 aliphatic carbocycles. The Hall–Kier alpha value is -0.424. The average Bonchev–Trinajstić information content (AvgIpc) is 2.04. The van der Waals surface area contributed by atoms with Crippen LogP contribution in [0.25, 0.3) is 0 Å². The zero-order valence-corrected chi connectivity index (χ0v) is 9.05. The van der Waals surface area contributed by atoms with E-state index in [0.29, 0.717) is 12.8 Å². The summed E-state index contributed by atoms with van der Waals surface area (Å²) in [5, 5.41) is 0. The zero-order valence-electron chi connectivity index (χ0n) is 6.62. The van der Waals surface area contributed by atoms with Gasteiger partial charge in [0.2, 0.25) is 0 Å². The van der Waals surface area contributed by atoms with Crippen LogP contribution in [0.5, 0.6) is 0 Å². The van der Waals surface area contributed by atoms with Crippen molar-refractivity contribution in [2.24, 2.45) is 0 Å². The number of rotatable bonds is 4. The van der Waals surface area contributed by atoms with Gasteiger partial charge in [0.15, 0.2) is 0 Å². The molecule has 0 bridgehead atoms. The summed E-state index contributed by atoms with van der Waals surface area (Å²) < 4.78 is 9.28. The maximum absolute atomic E-state index is 10.5. The van der Waals surface area contributed by atoms with Crippen molar-refractivity contribution in [2.75, 3.05) is 0 Å². The molecule has 0 aromatic rings. The van der Waals surface area contributed by atoms with Gasteiger partial charge in [-0.2, -0.15) is 0 Å². The molecule has 5 heteroatoms. The molecule has 0 aliphatic rings. The normalized spacial score (nSPS) is 8.55. The molecular formula is C6H10GaO4. The van der Waals surface area contributed by atoms with Crippen LogP contribution >= 0.6 is 0 Å². The second kappa shape index (κ2) is 6.30. The van der Waals surface area contributed by atoms with Crippen molar-refractivity contribution in [1.29, 1.82) is 0 Å². The van der Waals surface area contributed by atoms with Gasteiger partial charge in [0, 0.05) is 0 Å². The monoisotopic (exact) mass is 215 g/mol. The number of hydrogen-bond donors (Lipinski definition) is 0. The Labute approximate surface area is 73.9 Å². The van der Waals surface area contributed by atoms with Crippen LogP contribution < -0.4 is 0 Å². The SMILES string of the molecule is CCC(=O)[O][Ga][O]C(=O)CC. The minimum atomic E-state index is -1.55. The Balaban J connectivity index is 3.27. The molecule has 0 aromatic carbocycles. The predicted molar refractivity (Wildman–Crippen MR) is 38.5 cm³/mol. The molecule has 0 aromatic heterocycles. The van der Waals surface area contributed by atoms with E-state index < -0.39 is 18.1 Å². The van der Waals surface area contributed by atoms with Crippen molar-refractivity contribution in [2.45, 2.75) is 26.7 Å². The Bertz CT molecular complexity index is 130. The fourth-order valence-corrected chi connectivity index (χ4v) is 1.55. The van der Waals surface area contributed by atoms with E-state index >= 15 is 0 Å². The summed E-state index contributed by atoms with van der Waals surface area (Å²) in [7, 11) is 0. The molecule has 0 N–H and O–H groups in total. The van der Waals surface area contributed by atoms with Gasteiger partial charge in [-0.1, -0.05) is 0 Å². The zero-order chi connectivity index (χ0) is 8.69. The van der Waals surface area contributed by atoms with Crippen molar-refractivity contribution in [3.63, 3.8) is 0 Å². The van der Waals surface area contributed by atoms with E-state index in [1.165, 1.54) is 0 Å². The molecule has 0 heterocycles.